The first-order valence-electron chi connectivity index (χ1n) is 15.7. The number of rotatable bonds is 10. The van der Waals surface area contributed by atoms with Crippen molar-refractivity contribution >= 4 is 57.4 Å². The molecule has 2 heterocycles. The smallest absolute Gasteiger partial charge is 0.410 e. The molecule has 0 saturated carbocycles. The van der Waals surface area contributed by atoms with Crippen LogP contribution in [-0.2, 0) is 11.3 Å². The Labute approximate surface area is 293 Å². The zero-order chi connectivity index (χ0) is 34.3. The number of amides is 1. The quantitative estimate of drug-likeness (QED) is 0.0852. The van der Waals surface area contributed by atoms with E-state index in [2.05, 4.69) is 20.6 Å². The van der Waals surface area contributed by atoms with E-state index in [-0.39, 0.29) is 23.8 Å². The summed E-state index contributed by atoms with van der Waals surface area (Å²) in [6.45, 7) is 1.25. The van der Waals surface area contributed by atoms with Gasteiger partial charge in [-0.25, -0.2) is 25.0 Å². The topological polar surface area (TPSA) is 135 Å². The van der Waals surface area contributed by atoms with E-state index >= 15 is 0 Å². The molecule has 1 amide bonds. The van der Waals surface area contributed by atoms with Gasteiger partial charge in [-0.1, -0.05) is 83.9 Å². The summed E-state index contributed by atoms with van der Waals surface area (Å²) in [7, 11) is 0. The maximum Gasteiger partial charge on any atom is 0.410 e. The van der Waals surface area contributed by atoms with Gasteiger partial charge >= 0.3 is 6.09 Å². The third-order valence-electron chi connectivity index (χ3n) is 8.30. The van der Waals surface area contributed by atoms with Gasteiger partial charge in [0, 0.05) is 42.1 Å². The second-order valence-corrected chi connectivity index (χ2v) is 12.5. The number of nitrogens with zero attached hydrogens (tertiary/aromatic N) is 4. The van der Waals surface area contributed by atoms with Crippen LogP contribution < -0.4 is 22.2 Å². The number of hydrogen-bond donors (Lipinski definition) is 4. The standard InChI is InChI=1S/C36H35Cl2FN8O2/c37-29-18-25(11-12-31(29)39)45-35-28-17-26(19-30(38)34(28)42-22-43-35)44-33(24-9-5-2-6-10-24)32(40)20-47(41)27-13-15-46(16-14-27)36(48)49-21-23-7-3-1-4-8-23/h1-12,17-20,22,27,33,44H,13-16,21,40-41H2,(H,42,43,45)/b32-20-. The third-order valence-corrected chi connectivity index (χ3v) is 8.88. The van der Waals surface area contributed by atoms with Crippen LogP contribution in [0.4, 0.5) is 26.4 Å². The average Bonchev–Trinajstić information content (AvgIpc) is 3.12. The number of anilines is 3. The molecule has 1 fully saturated rings. The zero-order valence-corrected chi connectivity index (χ0v) is 27.9. The van der Waals surface area contributed by atoms with Gasteiger partial charge in [0.15, 0.2) is 0 Å². The Morgan fingerprint density at radius 3 is 2.39 bits per heavy atom. The van der Waals surface area contributed by atoms with Crippen molar-refractivity contribution < 1.29 is 13.9 Å². The maximum atomic E-state index is 13.8. The second kappa shape index (κ2) is 15.4. The molecule has 49 heavy (non-hydrogen) atoms. The number of hydrogen-bond acceptors (Lipinski definition) is 9. The lowest BCUT2D eigenvalue weighted by molar-refractivity contribution is 0.0758. The van der Waals surface area contributed by atoms with E-state index in [0.717, 1.165) is 11.1 Å². The lowest BCUT2D eigenvalue weighted by Crippen LogP contribution is -2.47. The van der Waals surface area contributed by atoms with Crippen molar-refractivity contribution in [3.63, 3.8) is 0 Å². The van der Waals surface area contributed by atoms with Crippen LogP contribution in [0, 0.1) is 5.82 Å². The summed E-state index contributed by atoms with van der Waals surface area (Å²) in [5, 5.41) is 9.32. The molecule has 0 aliphatic carbocycles. The van der Waals surface area contributed by atoms with Gasteiger partial charge in [0.2, 0.25) is 0 Å². The number of fused-ring (bicyclic) bond motifs is 1. The van der Waals surface area contributed by atoms with E-state index < -0.39 is 11.9 Å². The Morgan fingerprint density at radius 2 is 1.67 bits per heavy atom. The number of nitrogens with one attached hydrogen (secondary N) is 2. The number of halogens is 3. The lowest BCUT2D eigenvalue weighted by atomic mass is 10.0. The number of piperidine rings is 1. The monoisotopic (exact) mass is 700 g/mol. The van der Waals surface area contributed by atoms with Crippen molar-refractivity contribution in [3.05, 3.63) is 136 Å². The first-order valence-corrected chi connectivity index (χ1v) is 16.4. The highest BCUT2D eigenvalue weighted by molar-refractivity contribution is 6.35. The van der Waals surface area contributed by atoms with E-state index in [9.17, 15) is 9.18 Å². The zero-order valence-electron chi connectivity index (χ0n) is 26.4. The number of carbonyl (C=O) groups is 1. The van der Waals surface area contributed by atoms with E-state index in [0.29, 0.717) is 64.7 Å². The first kappa shape index (κ1) is 33.8. The molecule has 10 nitrogen and oxygen atoms in total. The molecule has 5 aromatic rings. The number of likely N-dealkylation sites (tertiary alicyclic amines) is 1. The normalized spacial score (nSPS) is 14.4. The Morgan fingerprint density at radius 1 is 0.980 bits per heavy atom. The molecule has 0 radical (unpaired) electrons. The molecule has 1 aliphatic rings. The van der Waals surface area contributed by atoms with Gasteiger partial charge in [0.25, 0.3) is 0 Å². The van der Waals surface area contributed by atoms with E-state index in [4.69, 9.17) is 39.5 Å². The molecule has 1 aromatic heterocycles. The van der Waals surface area contributed by atoms with Gasteiger partial charge in [0.05, 0.1) is 27.3 Å². The number of benzene rings is 4. The van der Waals surface area contributed by atoms with Crippen LogP contribution in [0.1, 0.15) is 30.0 Å². The molecular formula is C36H35Cl2FN8O2. The van der Waals surface area contributed by atoms with Crippen LogP contribution in [-0.4, -0.2) is 45.1 Å². The fraction of sp³-hybridized carbons (Fsp3) is 0.194. The van der Waals surface area contributed by atoms with Crippen LogP contribution in [0.3, 0.4) is 0 Å². The number of carbonyl (C=O) groups excluding carboxylic acids is 1. The Bertz CT molecular complexity index is 1940. The maximum absolute atomic E-state index is 13.8. The molecule has 6 N–H and O–H groups in total. The molecule has 0 spiro atoms. The van der Waals surface area contributed by atoms with E-state index in [1.54, 1.807) is 28.2 Å². The molecule has 0 bridgehead atoms. The van der Waals surface area contributed by atoms with Gasteiger partial charge in [-0.15, -0.1) is 0 Å². The van der Waals surface area contributed by atoms with Crippen molar-refractivity contribution in [1.82, 2.24) is 19.9 Å². The van der Waals surface area contributed by atoms with Crippen molar-refractivity contribution in [2.45, 2.75) is 31.5 Å². The Hall–Kier alpha value is -5.10. The fourth-order valence-corrected chi connectivity index (χ4v) is 6.15. The van der Waals surface area contributed by atoms with Crippen LogP contribution >= 0.6 is 23.2 Å². The summed E-state index contributed by atoms with van der Waals surface area (Å²) in [6, 6.07) is 26.8. The minimum atomic E-state index is -0.521. The van der Waals surface area contributed by atoms with Crippen LogP contribution in [0.15, 0.2) is 109 Å². The first-order chi connectivity index (χ1) is 23.7. The molecule has 1 atom stereocenters. The molecule has 13 heteroatoms. The highest BCUT2D eigenvalue weighted by Crippen LogP contribution is 2.34. The number of ether oxygens (including phenoxy) is 1. The van der Waals surface area contributed by atoms with E-state index in [1.807, 2.05) is 66.7 Å². The molecular weight excluding hydrogens is 666 g/mol. The van der Waals surface area contributed by atoms with Crippen molar-refractivity contribution in [2.24, 2.45) is 11.6 Å². The minimum Gasteiger partial charge on any atom is -0.445 e. The van der Waals surface area contributed by atoms with Crippen LogP contribution in [0.5, 0.6) is 0 Å². The number of hydrazine groups is 1. The second-order valence-electron chi connectivity index (χ2n) is 11.7. The number of aromatic nitrogens is 2. The molecule has 1 aliphatic heterocycles. The van der Waals surface area contributed by atoms with Gasteiger partial charge in [-0.05, 0) is 54.3 Å². The predicted molar refractivity (Wildman–Crippen MR) is 192 cm³/mol. The third kappa shape index (κ3) is 8.32. The molecule has 1 saturated heterocycles. The Kier molecular flexibility index (Phi) is 10.6. The van der Waals surface area contributed by atoms with Gasteiger partial charge in [0.1, 0.15) is 24.6 Å². The van der Waals surface area contributed by atoms with Gasteiger partial charge < -0.3 is 31.0 Å². The van der Waals surface area contributed by atoms with Gasteiger partial charge in [-0.2, -0.15) is 0 Å². The molecule has 6 rings (SSSR count). The molecule has 252 valence electrons. The summed E-state index contributed by atoms with van der Waals surface area (Å²) in [4.78, 5) is 23.1. The predicted octanol–water partition coefficient (Wildman–Crippen LogP) is 7.75. The summed E-state index contributed by atoms with van der Waals surface area (Å²) in [6.07, 6.45) is 4.10. The van der Waals surface area contributed by atoms with Crippen molar-refractivity contribution in [2.75, 3.05) is 23.7 Å². The summed E-state index contributed by atoms with van der Waals surface area (Å²) < 4.78 is 19.3. The summed E-state index contributed by atoms with van der Waals surface area (Å²) in [5.41, 5.74) is 10.8. The van der Waals surface area contributed by atoms with E-state index in [1.165, 1.54) is 18.5 Å². The van der Waals surface area contributed by atoms with Crippen LogP contribution in [0.25, 0.3) is 10.9 Å². The SMILES string of the molecule is N/C(=C\N(N)C1CCN(C(=O)OCc2ccccc2)CC1)C(Nc1cc(Cl)c2ncnc(Nc3ccc(F)c(Cl)c3)c2c1)c1ccccc1. The highest BCUT2D eigenvalue weighted by atomic mass is 35.5. The minimum absolute atomic E-state index is 0.0162. The largest absolute Gasteiger partial charge is 0.445 e. The Balaban J connectivity index is 1.18. The summed E-state index contributed by atoms with van der Waals surface area (Å²) in [5.74, 6) is 6.50. The lowest BCUT2D eigenvalue weighted by Gasteiger charge is -2.36. The highest BCUT2D eigenvalue weighted by Gasteiger charge is 2.27. The van der Waals surface area contributed by atoms with Gasteiger partial charge in [-0.3, -0.25) is 0 Å². The molecule has 1 unspecified atom stereocenters. The van der Waals surface area contributed by atoms with Crippen molar-refractivity contribution in [3.8, 4) is 0 Å². The molecule has 4 aromatic carbocycles. The summed E-state index contributed by atoms with van der Waals surface area (Å²) >= 11 is 12.7. The van der Waals surface area contributed by atoms with Crippen molar-refractivity contribution in [1.29, 1.82) is 0 Å². The number of nitrogens with two attached hydrogens (primary N) is 2. The van der Waals surface area contributed by atoms with Crippen LogP contribution in [0.2, 0.25) is 10.0 Å². The average molecular weight is 702 g/mol. The fourth-order valence-electron chi connectivity index (χ4n) is 5.70.